The van der Waals surface area contributed by atoms with Crippen LogP contribution in [-0.2, 0) is 18.3 Å². The zero-order chi connectivity index (χ0) is 15.5. The van der Waals surface area contributed by atoms with Gasteiger partial charge in [0, 0.05) is 18.0 Å². The molecule has 0 spiro atoms. The third-order valence-corrected chi connectivity index (χ3v) is 4.24. The zero-order valence-corrected chi connectivity index (χ0v) is 12.7. The standard InChI is InChI=1S/C17H20N4/c1-4-5-7-17(11-18,12-19)9-14-20-10-13-6-8-16(2,3)15(13)21-14/h4,10H,1,5-9H2,2-3H3. The van der Waals surface area contributed by atoms with E-state index < -0.39 is 5.41 Å². The van der Waals surface area contributed by atoms with Gasteiger partial charge in [-0.2, -0.15) is 10.5 Å². The number of nitriles is 2. The first-order chi connectivity index (χ1) is 9.96. The first-order valence-corrected chi connectivity index (χ1v) is 7.25. The van der Waals surface area contributed by atoms with Crippen LogP contribution in [0.25, 0.3) is 0 Å². The molecular formula is C17H20N4. The molecule has 0 saturated heterocycles. The maximum atomic E-state index is 9.40. The molecule has 1 aliphatic rings. The van der Waals surface area contributed by atoms with Crippen molar-refractivity contribution in [2.24, 2.45) is 5.41 Å². The molecule has 1 aromatic rings. The maximum absolute atomic E-state index is 9.40. The minimum absolute atomic E-state index is 0.0517. The van der Waals surface area contributed by atoms with Crippen molar-refractivity contribution in [3.05, 3.63) is 35.9 Å². The molecule has 0 radical (unpaired) electrons. The lowest BCUT2D eigenvalue weighted by molar-refractivity contribution is 0.459. The third kappa shape index (κ3) is 2.95. The predicted molar refractivity (Wildman–Crippen MR) is 80.2 cm³/mol. The molecule has 0 amide bonds. The number of hydrogen-bond acceptors (Lipinski definition) is 4. The Morgan fingerprint density at radius 3 is 2.76 bits per heavy atom. The van der Waals surface area contributed by atoms with E-state index in [9.17, 15) is 10.5 Å². The fraction of sp³-hybridized carbons (Fsp3) is 0.529. The molecule has 108 valence electrons. The van der Waals surface area contributed by atoms with Crippen LogP contribution in [0, 0.1) is 28.1 Å². The summed E-state index contributed by atoms with van der Waals surface area (Å²) in [6.07, 6.45) is 7.04. The Balaban J connectivity index is 2.30. The van der Waals surface area contributed by atoms with Crippen LogP contribution < -0.4 is 0 Å². The van der Waals surface area contributed by atoms with Gasteiger partial charge < -0.3 is 0 Å². The normalized spacial score (nSPS) is 15.8. The molecule has 21 heavy (non-hydrogen) atoms. The molecule has 1 aromatic heterocycles. The molecule has 4 nitrogen and oxygen atoms in total. The third-order valence-electron chi connectivity index (χ3n) is 4.24. The highest BCUT2D eigenvalue weighted by molar-refractivity contribution is 5.31. The molecule has 2 rings (SSSR count). The molecular weight excluding hydrogens is 260 g/mol. The summed E-state index contributed by atoms with van der Waals surface area (Å²) < 4.78 is 0. The highest BCUT2D eigenvalue weighted by atomic mass is 14.9. The lowest BCUT2D eigenvalue weighted by Gasteiger charge is -2.20. The van der Waals surface area contributed by atoms with Gasteiger partial charge in [0.1, 0.15) is 5.82 Å². The second kappa shape index (κ2) is 5.66. The van der Waals surface area contributed by atoms with Crippen LogP contribution in [0.5, 0.6) is 0 Å². The number of aryl methyl sites for hydroxylation is 1. The molecule has 0 saturated carbocycles. The van der Waals surface area contributed by atoms with Crippen LogP contribution in [-0.4, -0.2) is 9.97 Å². The Morgan fingerprint density at radius 1 is 1.43 bits per heavy atom. The fourth-order valence-electron chi connectivity index (χ4n) is 2.79. The molecule has 1 heterocycles. The Bertz CT molecular complexity index is 617. The summed E-state index contributed by atoms with van der Waals surface area (Å²) >= 11 is 0. The van der Waals surface area contributed by atoms with E-state index in [0.29, 0.717) is 18.7 Å². The molecule has 1 aliphatic carbocycles. The van der Waals surface area contributed by atoms with Gasteiger partial charge in [0.15, 0.2) is 5.41 Å². The highest BCUT2D eigenvalue weighted by Crippen LogP contribution is 2.37. The number of fused-ring (bicyclic) bond motifs is 1. The van der Waals surface area contributed by atoms with E-state index in [-0.39, 0.29) is 11.8 Å². The Labute approximate surface area is 126 Å². The first kappa shape index (κ1) is 15.2. The van der Waals surface area contributed by atoms with E-state index in [1.807, 2.05) is 6.20 Å². The van der Waals surface area contributed by atoms with Crippen molar-refractivity contribution in [1.82, 2.24) is 9.97 Å². The molecule has 0 bridgehead atoms. The number of aromatic nitrogens is 2. The van der Waals surface area contributed by atoms with E-state index in [2.05, 4.69) is 42.5 Å². The fourth-order valence-corrected chi connectivity index (χ4v) is 2.79. The zero-order valence-electron chi connectivity index (χ0n) is 12.7. The van der Waals surface area contributed by atoms with Gasteiger partial charge in [-0.1, -0.05) is 19.9 Å². The average Bonchev–Trinajstić information content (AvgIpc) is 2.79. The quantitative estimate of drug-likeness (QED) is 0.776. The van der Waals surface area contributed by atoms with Gasteiger partial charge in [0.25, 0.3) is 0 Å². The Hall–Kier alpha value is -2.20. The molecule has 0 N–H and O–H groups in total. The van der Waals surface area contributed by atoms with Crippen molar-refractivity contribution in [2.45, 2.75) is 51.4 Å². The predicted octanol–water partition coefficient (Wildman–Crippen LogP) is 3.24. The van der Waals surface area contributed by atoms with Gasteiger partial charge >= 0.3 is 0 Å². The average molecular weight is 280 g/mol. The van der Waals surface area contributed by atoms with Crippen LogP contribution in [0.2, 0.25) is 0 Å². The Morgan fingerprint density at radius 2 is 2.14 bits per heavy atom. The van der Waals surface area contributed by atoms with Crippen LogP contribution in [0.4, 0.5) is 0 Å². The largest absolute Gasteiger partial charge is 0.241 e. The minimum Gasteiger partial charge on any atom is -0.241 e. The van der Waals surface area contributed by atoms with Gasteiger partial charge in [-0.05, 0) is 31.2 Å². The second-order valence-corrected chi connectivity index (χ2v) is 6.35. The minimum atomic E-state index is -1.06. The summed E-state index contributed by atoms with van der Waals surface area (Å²) in [6, 6.07) is 4.30. The first-order valence-electron chi connectivity index (χ1n) is 7.25. The van der Waals surface area contributed by atoms with E-state index in [0.717, 1.165) is 18.5 Å². The molecule has 0 fully saturated rings. The van der Waals surface area contributed by atoms with Crippen molar-refractivity contribution in [1.29, 1.82) is 10.5 Å². The number of rotatable bonds is 5. The van der Waals surface area contributed by atoms with Crippen molar-refractivity contribution in [2.75, 3.05) is 0 Å². The lowest BCUT2D eigenvalue weighted by Crippen LogP contribution is -2.22. The lowest BCUT2D eigenvalue weighted by atomic mass is 9.82. The number of nitrogens with zero attached hydrogens (tertiary/aromatic N) is 4. The molecule has 0 aromatic carbocycles. The van der Waals surface area contributed by atoms with Crippen LogP contribution >= 0.6 is 0 Å². The van der Waals surface area contributed by atoms with Gasteiger partial charge in [-0.3, -0.25) is 0 Å². The van der Waals surface area contributed by atoms with Crippen LogP contribution in [0.3, 0.4) is 0 Å². The van der Waals surface area contributed by atoms with Gasteiger partial charge in [0.05, 0.1) is 17.8 Å². The summed E-state index contributed by atoms with van der Waals surface area (Å²) in [5.41, 5.74) is 1.25. The highest BCUT2D eigenvalue weighted by Gasteiger charge is 2.35. The van der Waals surface area contributed by atoms with Gasteiger partial charge in [0.2, 0.25) is 0 Å². The summed E-state index contributed by atoms with van der Waals surface area (Å²) in [5, 5.41) is 18.8. The van der Waals surface area contributed by atoms with Crippen LogP contribution in [0.1, 0.15) is 50.2 Å². The van der Waals surface area contributed by atoms with E-state index in [1.165, 1.54) is 5.56 Å². The monoisotopic (exact) mass is 280 g/mol. The van der Waals surface area contributed by atoms with Crippen molar-refractivity contribution < 1.29 is 0 Å². The molecule has 0 aliphatic heterocycles. The van der Waals surface area contributed by atoms with Crippen molar-refractivity contribution in [3.63, 3.8) is 0 Å². The van der Waals surface area contributed by atoms with Gasteiger partial charge in [-0.15, -0.1) is 6.58 Å². The van der Waals surface area contributed by atoms with Crippen LogP contribution in [0.15, 0.2) is 18.9 Å². The maximum Gasteiger partial charge on any atom is 0.151 e. The van der Waals surface area contributed by atoms with E-state index in [1.54, 1.807) is 6.08 Å². The van der Waals surface area contributed by atoms with Gasteiger partial charge in [-0.25, -0.2) is 9.97 Å². The summed E-state index contributed by atoms with van der Waals surface area (Å²) in [5.74, 6) is 0.593. The summed E-state index contributed by atoms with van der Waals surface area (Å²) in [7, 11) is 0. The Kier molecular flexibility index (Phi) is 4.09. The SMILES string of the molecule is C=CCCC(C#N)(C#N)Cc1ncc2c(n1)C(C)(C)CC2. The summed E-state index contributed by atoms with van der Waals surface area (Å²) in [4.78, 5) is 9.02. The number of hydrogen-bond donors (Lipinski definition) is 0. The topological polar surface area (TPSA) is 73.4 Å². The molecule has 0 unspecified atom stereocenters. The summed E-state index contributed by atoms with van der Waals surface area (Å²) in [6.45, 7) is 8.01. The second-order valence-electron chi connectivity index (χ2n) is 6.35. The van der Waals surface area contributed by atoms with E-state index in [4.69, 9.17) is 0 Å². The molecule has 4 heteroatoms. The van der Waals surface area contributed by atoms with E-state index >= 15 is 0 Å². The smallest absolute Gasteiger partial charge is 0.151 e. The van der Waals surface area contributed by atoms with Crippen molar-refractivity contribution >= 4 is 0 Å². The van der Waals surface area contributed by atoms with Crippen molar-refractivity contribution in [3.8, 4) is 12.1 Å². The molecule has 0 atom stereocenters. The number of allylic oxidation sites excluding steroid dienone is 1.